The summed E-state index contributed by atoms with van der Waals surface area (Å²) in [6.07, 6.45) is 0.834. The second kappa shape index (κ2) is 6.25. The van der Waals surface area contributed by atoms with E-state index >= 15 is 0 Å². The summed E-state index contributed by atoms with van der Waals surface area (Å²) in [6.45, 7) is 4.38. The van der Waals surface area contributed by atoms with E-state index in [-0.39, 0.29) is 11.9 Å². The van der Waals surface area contributed by atoms with Crippen LogP contribution in [0.25, 0.3) is 0 Å². The molecule has 0 radical (unpaired) electrons. The van der Waals surface area contributed by atoms with Gasteiger partial charge >= 0.3 is 0 Å². The van der Waals surface area contributed by atoms with Crippen molar-refractivity contribution in [3.8, 4) is 0 Å². The van der Waals surface area contributed by atoms with Crippen LogP contribution in [0.3, 0.4) is 0 Å². The van der Waals surface area contributed by atoms with E-state index in [1.54, 1.807) is 25.3 Å². The highest BCUT2D eigenvalue weighted by molar-refractivity contribution is 5.97. The van der Waals surface area contributed by atoms with Crippen LogP contribution in [0.1, 0.15) is 29.3 Å². The summed E-state index contributed by atoms with van der Waals surface area (Å²) >= 11 is 0. The average Bonchev–Trinajstić information content (AvgIpc) is 2.31. The van der Waals surface area contributed by atoms with Crippen molar-refractivity contribution in [2.45, 2.75) is 26.3 Å². The fourth-order valence-corrected chi connectivity index (χ4v) is 1.63. The van der Waals surface area contributed by atoms with Gasteiger partial charge in [0.25, 0.3) is 5.91 Å². The molecule has 0 aliphatic heterocycles. The van der Waals surface area contributed by atoms with Crippen LogP contribution in [0.5, 0.6) is 0 Å². The Kier molecular flexibility index (Phi) is 4.97. The quantitative estimate of drug-likeness (QED) is 0.765. The van der Waals surface area contributed by atoms with Crippen molar-refractivity contribution >= 4 is 11.6 Å². The first-order valence-corrected chi connectivity index (χ1v) is 5.75. The Morgan fingerprint density at radius 3 is 2.82 bits per heavy atom. The Morgan fingerprint density at radius 1 is 1.53 bits per heavy atom. The molecule has 0 heterocycles. The lowest BCUT2D eigenvalue weighted by atomic mass is 10.1. The van der Waals surface area contributed by atoms with Gasteiger partial charge in [0.2, 0.25) is 0 Å². The molecule has 3 N–H and O–H groups in total. The van der Waals surface area contributed by atoms with E-state index < -0.39 is 0 Å². The van der Waals surface area contributed by atoms with Gasteiger partial charge in [-0.25, -0.2) is 0 Å². The third-order valence-electron chi connectivity index (χ3n) is 2.82. The van der Waals surface area contributed by atoms with Crippen molar-refractivity contribution in [2.24, 2.45) is 0 Å². The number of benzene rings is 1. The van der Waals surface area contributed by atoms with Crippen LogP contribution < -0.4 is 11.1 Å². The normalized spacial score (nSPS) is 12.2. The molecule has 94 valence electrons. The van der Waals surface area contributed by atoms with Crippen molar-refractivity contribution in [3.63, 3.8) is 0 Å². The van der Waals surface area contributed by atoms with Crippen LogP contribution in [0.2, 0.25) is 0 Å². The summed E-state index contributed by atoms with van der Waals surface area (Å²) in [5, 5.41) is 2.93. The molecule has 0 spiro atoms. The number of hydrogen-bond donors (Lipinski definition) is 2. The first-order chi connectivity index (χ1) is 8.10. The van der Waals surface area contributed by atoms with Crippen molar-refractivity contribution in [2.75, 3.05) is 19.5 Å². The molecule has 17 heavy (non-hydrogen) atoms. The zero-order valence-corrected chi connectivity index (χ0v) is 10.6. The number of anilines is 1. The molecule has 0 saturated heterocycles. The zero-order chi connectivity index (χ0) is 12.8. The third-order valence-corrected chi connectivity index (χ3v) is 2.82. The molecule has 0 fully saturated rings. The Labute approximate surface area is 102 Å². The number of amides is 1. The number of nitrogens with two attached hydrogens (primary N) is 1. The van der Waals surface area contributed by atoms with Gasteiger partial charge in [-0.05, 0) is 31.0 Å². The van der Waals surface area contributed by atoms with E-state index in [1.807, 2.05) is 13.8 Å². The van der Waals surface area contributed by atoms with E-state index in [0.717, 1.165) is 12.0 Å². The second-order valence-electron chi connectivity index (χ2n) is 4.05. The number of methoxy groups -OCH3 is 1. The summed E-state index contributed by atoms with van der Waals surface area (Å²) in [5.41, 5.74) is 7.85. The maximum Gasteiger partial charge on any atom is 0.251 e. The molecule has 0 saturated carbocycles. The summed E-state index contributed by atoms with van der Waals surface area (Å²) < 4.78 is 5.05. The maximum atomic E-state index is 12.0. The number of hydrogen-bond acceptors (Lipinski definition) is 3. The van der Waals surface area contributed by atoms with Gasteiger partial charge in [-0.15, -0.1) is 0 Å². The monoisotopic (exact) mass is 236 g/mol. The van der Waals surface area contributed by atoms with Gasteiger partial charge in [0.05, 0.1) is 12.6 Å². The Hall–Kier alpha value is -1.55. The highest BCUT2D eigenvalue weighted by Gasteiger charge is 2.14. The van der Waals surface area contributed by atoms with Crippen molar-refractivity contribution in [3.05, 3.63) is 29.3 Å². The number of carbonyl (C=O) groups is 1. The van der Waals surface area contributed by atoms with Crippen molar-refractivity contribution < 1.29 is 9.53 Å². The van der Waals surface area contributed by atoms with E-state index in [4.69, 9.17) is 10.5 Å². The summed E-state index contributed by atoms with van der Waals surface area (Å²) in [7, 11) is 1.63. The molecule has 1 unspecified atom stereocenters. The lowest BCUT2D eigenvalue weighted by Gasteiger charge is -2.17. The molecular weight excluding hydrogens is 216 g/mol. The lowest BCUT2D eigenvalue weighted by Crippen LogP contribution is -2.37. The van der Waals surface area contributed by atoms with Crippen LogP contribution in [-0.4, -0.2) is 25.7 Å². The molecule has 1 aromatic carbocycles. The highest BCUT2D eigenvalue weighted by Crippen LogP contribution is 2.15. The standard InChI is InChI=1S/C13H20N2O2/c1-4-10(8-17-3)15-13(16)11-6-5-7-12(14)9(11)2/h5-7,10H,4,8,14H2,1-3H3,(H,15,16). The fraction of sp³-hybridized carbons (Fsp3) is 0.462. The molecule has 1 atom stereocenters. The first kappa shape index (κ1) is 13.5. The first-order valence-electron chi connectivity index (χ1n) is 5.75. The topological polar surface area (TPSA) is 64.3 Å². The van der Waals surface area contributed by atoms with Crippen LogP contribution in [0.4, 0.5) is 5.69 Å². The third kappa shape index (κ3) is 3.46. The number of nitrogens with one attached hydrogen (secondary N) is 1. The van der Waals surface area contributed by atoms with Gasteiger partial charge in [0.15, 0.2) is 0 Å². The molecule has 0 aliphatic rings. The molecule has 0 aliphatic carbocycles. The molecule has 4 nitrogen and oxygen atoms in total. The van der Waals surface area contributed by atoms with Gasteiger partial charge in [-0.1, -0.05) is 13.0 Å². The van der Waals surface area contributed by atoms with E-state index in [0.29, 0.717) is 17.9 Å². The predicted octanol–water partition coefficient (Wildman–Crippen LogP) is 1.73. The molecule has 0 bridgehead atoms. The van der Waals surface area contributed by atoms with Crippen LogP contribution >= 0.6 is 0 Å². The van der Waals surface area contributed by atoms with Crippen LogP contribution in [0, 0.1) is 6.92 Å². The lowest BCUT2D eigenvalue weighted by molar-refractivity contribution is 0.0894. The largest absolute Gasteiger partial charge is 0.398 e. The smallest absolute Gasteiger partial charge is 0.251 e. The van der Waals surface area contributed by atoms with Gasteiger partial charge < -0.3 is 15.8 Å². The van der Waals surface area contributed by atoms with Crippen LogP contribution in [-0.2, 0) is 4.74 Å². The van der Waals surface area contributed by atoms with E-state index in [2.05, 4.69) is 5.32 Å². The van der Waals surface area contributed by atoms with Gasteiger partial charge in [-0.2, -0.15) is 0 Å². The average molecular weight is 236 g/mol. The number of rotatable bonds is 5. The fourth-order valence-electron chi connectivity index (χ4n) is 1.63. The number of nitrogen functional groups attached to an aromatic ring is 1. The SMILES string of the molecule is CCC(COC)NC(=O)c1cccc(N)c1C. The summed E-state index contributed by atoms with van der Waals surface area (Å²) in [4.78, 5) is 12.0. The Morgan fingerprint density at radius 2 is 2.24 bits per heavy atom. The van der Waals surface area contributed by atoms with Gasteiger partial charge in [0.1, 0.15) is 0 Å². The molecule has 1 aromatic rings. The zero-order valence-electron chi connectivity index (χ0n) is 10.6. The maximum absolute atomic E-state index is 12.0. The molecular formula is C13H20N2O2. The van der Waals surface area contributed by atoms with E-state index in [9.17, 15) is 4.79 Å². The van der Waals surface area contributed by atoms with E-state index in [1.165, 1.54) is 0 Å². The molecule has 0 aromatic heterocycles. The minimum Gasteiger partial charge on any atom is -0.398 e. The number of ether oxygens (including phenoxy) is 1. The summed E-state index contributed by atoms with van der Waals surface area (Å²) in [6, 6.07) is 5.39. The highest BCUT2D eigenvalue weighted by atomic mass is 16.5. The van der Waals surface area contributed by atoms with Crippen molar-refractivity contribution in [1.82, 2.24) is 5.32 Å². The number of carbonyl (C=O) groups excluding carboxylic acids is 1. The van der Waals surface area contributed by atoms with Crippen molar-refractivity contribution in [1.29, 1.82) is 0 Å². The summed E-state index contributed by atoms with van der Waals surface area (Å²) in [5.74, 6) is -0.0984. The second-order valence-corrected chi connectivity index (χ2v) is 4.05. The van der Waals surface area contributed by atoms with Gasteiger partial charge in [-0.3, -0.25) is 4.79 Å². The minimum atomic E-state index is -0.0984. The molecule has 1 rings (SSSR count). The minimum absolute atomic E-state index is 0.0355. The molecule has 4 heteroatoms. The predicted molar refractivity (Wildman–Crippen MR) is 69.0 cm³/mol. The Bertz CT molecular complexity index is 391. The van der Waals surface area contributed by atoms with Gasteiger partial charge in [0, 0.05) is 18.4 Å². The molecule has 1 amide bonds. The Balaban J connectivity index is 2.79. The van der Waals surface area contributed by atoms with Crippen LogP contribution in [0.15, 0.2) is 18.2 Å².